The van der Waals surface area contributed by atoms with Gasteiger partial charge in [-0.2, -0.15) is 0 Å². The SMILES string of the molecule is O=C(Cc1ccc(Cl)cc1)Nc1nnc(-c2cc(Cl)sc2Cl)o1. The van der Waals surface area contributed by atoms with Crippen LogP contribution in [0.25, 0.3) is 11.5 Å². The van der Waals surface area contributed by atoms with Crippen LogP contribution < -0.4 is 5.32 Å². The van der Waals surface area contributed by atoms with Crippen LogP contribution in [-0.2, 0) is 11.2 Å². The standard InChI is InChI=1S/C14H8Cl3N3O2S/c15-8-3-1-7(2-4-8)5-11(21)18-14-20-19-13(22-14)9-6-10(16)23-12(9)17/h1-4,6H,5H2,(H,18,20,21). The molecule has 0 fully saturated rings. The molecule has 3 aromatic rings. The number of carbonyl (C=O) groups is 1. The van der Waals surface area contributed by atoms with E-state index in [0.717, 1.165) is 5.56 Å². The van der Waals surface area contributed by atoms with Crippen molar-refractivity contribution in [3.63, 3.8) is 0 Å². The number of benzene rings is 1. The molecular formula is C14H8Cl3N3O2S. The highest BCUT2D eigenvalue weighted by molar-refractivity contribution is 7.20. The summed E-state index contributed by atoms with van der Waals surface area (Å²) >= 11 is 18.9. The van der Waals surface area contributed by atoms with E-state index in [1.807, 2.05) is 0 Å². The molecule has 0 saturated carbocycles. The summed E-state index contributed by atoms with van der Waals surface area (Å²) in [5, 5.41) is 10.8. The van der Waals surface area contributed by atoms with Crippen LogP contribution in [0.4, 0.5) is 6.01 Å². The highest BCUT2D eigenvalue weighted by Crippen LogP contribution is 2.37. The lowest BCUT2D eigenvalue weighted by Crippen LogP contribution is -2.14. The van der Waals surface area contributed by atoms with Gasteiger partial charge in [-0.15, -0.1) is 16.4 Å². The molecule has 9 heteroatoms. The van der Waals surface area contributed by atoms with Crippen LogP contribution in [-0.4, -0.2) is 16.1 Å². The molecule has 0 atom stereocenters. The van der Waals surface area contributed by atoms with Crippen LogP contribution in [0.2, 0.25) is 13.7 Å². The number of rotatable bonds is 4. The summed E-state index contributed by atoms with van der Waals surface area (Å²) in [7, 11) is 0. The quantitative estimate of drug-likeness (QED) is 0.687. The van der Waals surface area contributed by atoms with E-state index in [2.05, 4.69) is 15.5 Å². The van der Waals surface area contributed by atoms with E-state index in [1.165, 1.54) is 11.3 Å². The second kappa shape index (κ2) is 6.88. The zero-order valence-electron chi connectivity index (χ0n) is 11.3. The number of aromatic nitrogens is 2. The van der Waals surface area contributed by atoms with Gasteiger partial charge < -0.3 is 4.42 Å². The number of hydrogen-bond donors (Lipinski definition) is 1. The molecule has 3 rings (SSSR count). The van der Waals surface area contributed by atoms with Crippen molar-refractivity contribution in [1.82, 2.24) is 10.2 Å². The summed E-state index contributed by atoms with van der Waals surface area (Å²) in [5.74, 6) is -0.0862. The first-order valence-corrected chi connectivity index (χ1v) is 8.29. The van der Waals surface area contributed by atoms with E-state index < -0.39 is 0 Å². The Morgan fingerprint density at radius 1 is 1.17 bits per heavy atom. The maximum Gasteiger partial charge on any atom is 0.322 e. The van der Waals surface area contributed by atoms with E-state index in [4.69, 9.17) is 39.2 Å². The third kappa shape index (κ3) is 4.03. The molecule has 0 spiro atoms. The van der Waals surface area contributed by atoms with Gasteiger partial charge in [0.1, 0.15) is 4.34 Å². The predicted molar refractivity (Wildman–Crippen MR) is 91.4 cm³/mol. The van der Waals surface area contributed by atoms with Crippen molar-refractivity contribution < 1.29 is 9.21 Å². The molecule has 0 unspecified atom stereocenters. The molecule has 0 aliphatic rings. The van der Waals surface area contributed by atoms with Crippen molar-refractivity contribution in [3.8, 4) is 11.5 Å². The number of carbonyl (C=O) groups excluding carboxylic acids is 1. The zero-order valence-corrected chi connectivity index (χ0v) is 14.4. The second-order valence-corrected chi connectivity index (χ2v) is 7.22. The highest BCUT2D eigenvalue weighted by Gasteiger charge is 2.16. The minimum Gasteiger partial charge on any atom is -0.403 e. The highest BCUT2D eigenvalue weighted by atomic mass is 35.5. The van der Waals surface area contributed by atoms with Crippen LogP contribution >= 0.6 is 46.1 Å². The molecule has 0 aliphatic carbocycles. The number of amides is 1. The lowest BCUT2D eigenvalue weighted by molar-refractivity contribution is -0.115. The second-order valence-electron chi connectivity index (χ2n) is 4.50. The third-order valence-corrected chi connectivity index (χ3v) is 4.58. The average molecular weight is 389 g/mol. The minimum absolute atomic E-state index is 0.00245. The van der Waals surface area contributed by atoms with Crippen molar-refractivity contribution in [2.24, 2.45) is 0 Å². The van der Waals surface area contributed by atoms with Gasteiger partial charge in [-0.05, 0) is 23.8 Å². The van der Waals surface area contributed by atoms with E-state index in [1.54, 1.807) is 30.3 Å². The molecule has 1 aromatic carbocycles. The number of thiophene rings is 1. The van der Waals surface area contributed by atoms with Gasteiger partial charge in [-0.3, -0.25) is 10.1 Å². The first-order chi connectivity index (χ1) is 11.0. The molecule has 5 nitrogen and oxygen atoms in total. The molecule has 2 aromatic heterocycles. The van der Waals surface area contributed by atoms with Gasteiger partial charge >= 0.3 is 6.01 Å². The van der Waals surface area contributed by atoms with Gasteiger partial charge in [0.15, 0.2) is 0 Å². The van der Waals surface area contributed by atoms with E-state index in [9.17, 15) is 4.79 Å². The largest absolute Gasteiger partial charge is 0.403 e. The molecule has 0 radical (unpaired) electrons. The molecule has 2 heterocycles. The van der Waals surface area contributed by atoms with Gasteiger partial charge in [0.05, 0.1) is 16.3 Å². The van der Waals surface area contributed by atoms with E-state index in [-0.39, 0.29) is 24.2 Å². The van der Waals surface area contributed by atoms with Crippen LogP contribution in [0.3, 0.4) is 0 Å². The van der Waals surface area contributed by atoms with Gasteiger partial charge in [0.2, 0.25) is 5.91 Å². The summed E-state index contributed by atoms with van der Waals surface area (Å²) in [6.45, 7) is 0. The Morgan fingerprint density at radius 2 is 1.91 bits per heavy atom. The van der Waals surface area contributed by atoms with Crippen LogP contribution in [0, 0.1) is 0 Å². The van der Waals surface area contributed by atoms with Crippen molar-refractivity contribution in [1.29, 1.82) is 0 Å². The van der Waals surface area contributed by atoms with Crippen molar-refractivity contribution in [2.75, 3.05) is 5.32 Å². The van der Waals surface area contributed by atoms with Gasteiger partial charge in [-0.1, -0.05) is 52.0 Å². The van der Waals surface area contributed by atoms with Crippen LogP contribution in [0.5, 0.6) is 0 Å². The Morgan fingerprint density at radius 3 is 2.57 bits per heavy atom. The maximum atomic E-state index is 12.0. The van der Waals surface area contributed by atoms with Crippen LogP contribution in [0.1, 0.15) is 5.56 Å². The Hall–Kier alpha value is -1.60. The Balaban J connectivity index is 1.68. The lowest BCUT2D eigenvalue weighted by Gasteiger charge is -2.01. The minimum atomic E-state index is -0.281. The number of nitrogens with zero attached hydrogens (tertiary/aromatic N) is 2. The molecule has 1 N–H and O–H groups in total. The van der Waals surface area contributed by atoms with Crippen molar-refractivity contribution >= 4 is 58.1 Å². The monoisotopic (exact) mass is 387 g/mol. The van der Waals surface area contributed by atoms with E-state index in [0.29, 0.717) is 19.3 Å². The molecule has 0 saturated heterocycles. The molecule has 118 valence electrons. The molecule has 0 bridgehead atoms. The van der Waals surface area contributed by atoms with Crippen LogP contribution in [0.15, 0.2) is 34.7 Å². The van der Waals surface area contributed by atoms with Gasteiger partial charge in [-0.25, -0.2) is 0 Å². The summed E-state index contributed by atoms with van der Waals surface area (Å²) in [5.41, 5.74) is 1.35. The van der Waals surface area contributed by atoms with Gasteiger partial charge in [0, 0.05) is 5.02 Å². The number of halogens is 3. The Labute approximate surface area is 150 Å². The summed E-state index contributed by atoms with van der Waals surface area (Å²) < 4.78 is 6.33. The molecule has 1 amide bonds. The molecular weight excluding hydrogens is 381 g/mol. The topological polar surface area (TPSA) is 68.0 Å². The number of anilines is 1. The van der Waals surface area contributed by atoms with Gasteiger partial charge in [0.25, 0.3) is 5.89 Å². The fourth-order valence-corrected chi connectivity index (χ4v) is 3.39. The molecule has 0 aliphatic heterocycles. The maximum absolute atomic E-state index is 12.0. The predicted octanol–water partition coefficient (Wildman–Crippen LogP) is 4.94. The van der Waals surface area contributed by atoms with Crippen molar-refractivity contribution in [2.45, 2.75) is 6.42 Å². The lowest BCUT2D eigenvalue weighted by atomic mass is 10.1. The third-order valence-electron chi connectivity index (χ3n) is 2.84. The number of hydrogen-bond acceptors (Lipinski definition) is 5. The Kier molecular flexibility index (Phi) is 4.87. The first kappa shape index (κ1) is 16.3. The summed E-state index contributed by atoms with van der Waals surface area (Å²) in [6, 6.07) is 8.61. The Bertz CT molecular complexity index is 845. The summed E-state index contributed by atoms with van der Waals surface area (Å²) in [4.78, 5) is 12.0. The first-order valence-electron chi connectivity index (χ1n) is 6.34. The fourth-order valence-electron chi connectivity index (χ4n) is 1.82. The summed E-state index contributed by atoms with van der Waals surface area (Å²) in [6.07, 6.45) is 0.167. The number of nitrogens with one attached hydrogen (secondary N) is 1. The van der Waals surface area contributed by atoms with E-state index >= 15 is 0 Å². The molecule has 23 heavy (non-hydrogen) atoms. The fraction of sp³-hybridized carbons (Fsp3) is 0.0714. The smallest absolute Gasteiger partial charge is 0.322 e. The average Bonchev–Trinajstić information content (AvgIpc) is 3.07. The zero-order chi connectivity index (χ0) is 16.4. The normalized spacial score (nSPS) is 10.7. The van der Waals surface area contributed by atoms with Crippen molar-refractivity contribution in [3.05, 3.63) is 49.6 Å².